The van der Waals surface area contributed by atoms with Gasteiger partial charge in [0.05, 0.1) is 17.3 Å². The zero-order valence-corrected chi connectivity index (χ0v) is 11.6. The summed E-state index contributed by atoms with van der Waals surface area (Å²) in [7, 11) is 1.60. The highest BCUT2D eigenvalue weighted by atomic mass is 32.1. The Labute approximate surface area is 119 Å². The molecule has 1 aliphatic heterocycles. The first kappa shape index (κ1) is 12.9. The van der Waals surface area contributed by atoms with Crippen LogP contribution in [0.15, 0.2) is 18.2 Å². The number of amides is 2. The number of hydrogen-bond acceptors (Lipinski definition) is 5. The van der Waals surface area contributed by atoms with Gasteiger partial charge in [0, 0.05) is 6.42 Å². The monoisotopic (exact) mass is 291 g/mol. The van der Waals surface area contributed by atoms with Crippen LogP contribution in [0.3, 0.4) is 0 Å². The summed E-state index contributed by atoms with van der Waals surface area (Å²) in [5.41, 5.74) is 0.807. The molecule has 2 aromatic rings. The first-order chi connectivity index (χ1) is 9.65. The van der Waals surface area contributed by atoms with Crippen LogP contribution in [0.2, 0.25) is 0 Å². The van der Waals surface area contributed by atoms with Gasteiger partial charge < -0.3 is 15.4 Å². The van der Waals surface area contributed by atoms with Gasteiger partial charge in [-0.3, -0.25) is 9.59 Å². The number of nitrogens with zero attached hydrogens (tertiary/aromatic N) is 1. The first-order valence-corrected chi connectivity index (χ1v) is 7.02. The number of nitrogens with one attached hydrogen (secondary N) is 2. The van der Waals surface area contributed by atoms with Gasteiger partial charge in [-0.15, -0.1) is 0 Å². The lowest BCUT2D eigenvalue weighted by molar-refractivity contribution is -0.122. The summed E-state index contributed by atoms with van der Waals surface area (Å²) in [5, 5.41) is 5.90. The summed E-state index contributed by atoms with van der Waals surface area (Å²) >= 11 is 1.38. The summed E-state index contributed by atoms with van der Waals surface area (Å²) in [6.45, 7) is 0. The first-order valence-electron chi connectivity index (χ1n) is 6.20. The van der Waals surface area contributed by atoms with E-state index in [1.54, 1.807) is 7.11 Å². The lowest BCUT2D eigenvalue weighted by Crippen LogP contribution is -2.37. The van der Waals surface area contributed by atoms with Crippen LogP contribution in [0.25, 0.3) is 10.2 Å². The second-order valence-corrected chi connectivity index (χ2v) is 5.53. The van der Waals surface area contributed by atoms with Crippen molar-refractivity contribution in [2.45, 2.75) is 18.9 Å². The van der Waals surface area contributed by atoms with E-state index in [2.05, 4.69) is 15.6 Å². The topological polar surface area (TPSA) is 80.3 Å². The average molecular weight is 291 g/mol. The second-order valence-electron chi connectivity index (χ2n) is 4.50. The number of aromatic nitrogens is 1. The molecule has 0 aliphatic carbocycles. The molecule has 1 fully saturated rings. The van der Waals surface area contributed by atoms with E-state index in [0.717, 1.165) is 16.0 Å². The molecule has 0 radical (unpaired) electrons. The summed E-state index contributed by atoms with van der Waals surface area (Å²) in [4.78, 5) is 27.4. The zero-order chi connectivity index (χ0) is 14.1. The molecular weight excluding hydrogens is 278 g/mol. The molecule has 1 aromatic heterocycles. The van der Waals surface area contributed by atoms with E-state index >= 15 is 0 Å². The van der Waals surface area contributed by atoms with E-state index in [0.29, 0.717) is 18.0 Å². The molecule has 1 aliphatic rings. The molecule has 7 heteroatoms. The molecule has 104 valence electrons. The van der Waals surface area contributed by atoms with Gasteiger partial charge in [0.2, 0.25) is 11.8 Å². The fourth-order valence-electron chi connectivity index (χ4n) is 2.09. The largest absolute Gasteiger partial charge is 0.497 e. The number of ether oxygens (including phenoxy) is 1. The maximum absolute atomic E-state index is 12.0. The number of hydrogen-bond donors (Lipinski definition) is 2. The van der Waals surface area contributed by atoms with Crippen molar-refractivity contribution in [1.82, 2.24) is 10.3 Å². The highest BCUT2D eigenvalue weighted by Crippen LogP contribution is 2.29. The van der Waals surface area contributed by atoms with Gasteiger partial charge in [0.1, 0.15) is 11.8 Å². The molecule has 1 saturated heterocycles. The van der Waals surface area contributed by atoms with Gasteiger partial charge in [0.15, 0.2) is 5.13 Å². The standard InChI is InChI=1S/C13H13N3O3S/c1-19-7-2-3-8-10(6-7)20-13(15-8)16-12(18)9-4-5-11(17)14-9/h2-3,6,9H,4-5H2,1H3,(H,14,17)(H,15,16,18). The van der Waals surface area contributed by atoms with Gasteiger partial charge >= 0.3 is 0 Å². The van der Waals surface area contributed by atoms with Crippen LogP contribution in [-0.4, -0.2) is 29.9 Å². The Bertz CT molecular complexity index is 683. The Morgan fingerprint density at radius 3 is 3.10 bits per heavy atom. The lowest BCUT2D eigenvalue weighted by atomic mass is 10.2. The van der Waals surface area contributed by atoms with Gasteiger partial charge in [-0.2, -0.15) is 0 Å². The number of thiazole rings is 1. The Balaban J connectivity index is 1.77. The third-order valence-electron chi connectivity index (χ3n) is 3.14. The van der Waals surface area contributed by atoms with Crippen molar-refractivity contribution in [3.8, 4) is 5.75 Å². The van der Waals surface area contributed by atoms with Crippen molar-refractivity contribution in [3.63, 3.8) is 0 Å². The quantitative estimate of drug-likeness (QED) is 0.898. The number of methoxy groups -OCH3 is 1. The molecule has 2 heterocycles. The molecule has 0 bridgehead atoms. The highest BCUT2D eigenvalue weighted by molar-refractivity contribution is 7.22. The minimum atomic E-state index is -0.455. The van der Waals surface area contributed by atoms with Crippen molar-refractivity contribution in [2.24, 2.45) is 0 Å². The summed E-state index contributed by atoms with van der Waals surface area (Å²) in [6, 6.07) is 5.09. The van der Waals surface area contributed by atoms with E-state index in [1.165, 1.54) is 11.3 Å². The van der Waals surface area contributed by atoms with Crippen LogP contribution in [-0.2, 0) is 9.59 Å². The van der Waals surface area contributed by atoms with E-state index in [9.17, 15) is 9.59 Å². The zero-order valence-electron chi connectivity index (χ0n) is 10.8. The molecule has 20 heavy (non-hydrogen) atoms. The minimum absolute atomic E-state index is 0.0841. The molecular formula is C13H13N3O3S. The van der Waals surface area contributed by atoms with Crippen LogP contribution in [0.5, 0.6) is 5.75 Å². The third-order valence-corrected chi connectivity index (χ3v) is 4.07. The molecule has 0 saturated carbocycles. The Morgan fingerprint density at radius 1 is 1.55 bits per heavy atom. The fraction of sp³-hybridized carbons (Fsp3) is 0.308. The van der Waals surface area contributed by atoms with E-state index in [-0.39, 0.29) is 11.8 Å². The van der Waals surface area contributed by atoms with Crippen molar-refractivity contribution in [3.05, 3.63) is 18.2 Å². The Hall–Kier alpha value is -2.15. The Morgan fingerprint density at radius 2 is 2.40 bits per heavy atom. The predicted octanol–water partition coefficient (Wildman–Crippen LogP) is 1.52. The van der Waals surface area contributed by atoms with Crippen molar-refractivity contribution in [1.29, 1.82) is 0 Å². The van der Waals surface area contributed by atoms with Crippen LogP contribution in [0.4, 0.5) is 5.13 Å². The van der Waals surface area contributed by atoms with Gasteiger partial charge in [-0.05, 0) is 24.6 Å². The fourth-order valence-corrected chi connectivity index (χ4v) is 2.99. The molecule has 3 rings (SSSR count). The third kappa shape index (κ3) is 2.44. The second kappa shape index (κ2) is 5.09. The van der Waals surface area contributed by atoms with Crippen LogP contribution in [0, 0.1) is 0 Å². The van der Waals surface area contributed by atoms with Crippen LogP contribution in [0.1, 0.15) is 12.8 Å². The highest BCUT2D eigenvalue weighted by Gasteiger charge is 2.27. The molecule has 2 amide bonds. The van der Waals surface area contributed by atoms with Crippen molar-refractivity contribution >= 4 is 38.5 Å². The molecule has 1 aromatic carbocycles. The summed E-state index contributed by atoms with van der Waals surface area (Å²) < 4.78 is 6.09. The maximum atomic E-state index is 12.0. The average Bonchev–Trinajstić information content (AvgIpc) is 3.03. The number of rotatable bonds is 3. The van der Waals surface area contributed by atoms with Crippen molar-refractivity contribution in [2.75, 3.05) is 12.4 Å². The van der Waals surface area contributed by atoms with E-state index < -0.39 is 6.04 Å². The maximum Gasteiger partial charge on any atom is 0.248 e. The number of carbonyl (C=O) groups excluding carboxylic acids is 2. The molecule has 1 unspecified atom stereocenters. The number of fused-ring (bicyclic) bond motifs is 1. The number of benzene rings is 1. The van der Waals surface area contributed by atoms with E-state index in [4.69, 9.17) is 4.74 Å². The summed E-state index contributed by atoms with van der Waals surface area (Å²) in [5.74, 6) is 0.447. The number of anilines is 1. The number of carbonyl (C=O) groups is 2. The SMILES string of the molecule is COc1ccc2nc(NC(=O)C3CCC(=O)N3)sc2c1. The molecule has 1 atom stereocenters. The van der Waals surface area contributed by atoms with Crippen LogP contribution < -0.4 is 15.4 Å². The normalized spacial score (nSPS) is 18.1. The van der Waals surface area contributed by atoms with Gasteiger partial charge in [0.25, 0.3) is 0 Å². The van der Waals surface area contributed by atoms with Crippen LogP contribution >= 0.6 is 11.3 Å². The van der Waals surface area contributed by atoms with E-state index in [1.807, 2.05) is 18.2 Å². The summed E-state index contributed by atoms with van der Waals surface area (Å²) in [6.07, 6.45) is 0.929. The molecule has 0 spiro atoms. The minimum Gasteiger partial charge on any atom is -0.497 e. The molecule has 2 N–H and O–H groups in total. The predicted molar refractivity (Wildman–Crippen MR) is 76.0 cm³/mol. The molecule has 6 nitrogen and oxygen atoms in total. The van der Waals surface area contributed by atoms with Crippen molar-refractivity contribution < 1.29 is 14.3 Å². The van der Waals surface area contributed by atoms with Gasteiger partial charge in [-0.1, -0.05) is 11.3 Å². The Kier molecular flexibility index (Phi) is 3.27. The smallest absolute Gasteiger partial charge is 0.248 e. The van der Waals surface area contributed by atoms with Gasteiger partial charge in [-0.25, -0.2) is 4.98 Å². The lowest BCUT2D eigenvalue weighted by Gasteiger charge is -2.08.